The van der Waals surface area contributed by atoms with Crippen LogP contribution in [-0.2, 0) is 0 Å². The topological polar surface area (TPSA) is 0 Å². The van der Waals surface area contributed by atoms with E-state index in [1.165, 1.54) is 174 Å². The van der Waals surface area contributed by atoms with Crippen molar-refractivity contribution in [2.75, 3.05) is 0 Å². The minimum Gasteiger partial charge on any atom is -0.0443 e. The molecule has 0 fully saturated rings. The molecule has 0 spiro atoms. The summed E-state index contributed by atoms with van der Waals surface area (Å²) >= 11 is 0. The summed E-state index contributed by atoms with van der Waals surface area (Å²) in [6, 6.07) is 0. The van der Waals surface area contributed by atoms with Crippen LogP contribution >= 0.6 is 0 Å². The van der Waals surface area contributed by atoms with Crippen molar-refractivity contribution >= 4 is 43.1 Å². The molecule has 2 aliphatic rings. The molecular formula is C48H48. The third-order valence-corrected chi connectivity index (χ3v) is 14.6. The lowest BCUT2D eigenvalue weighted by molar-refractivity contribution is 1.16. The van der Waals surface area contributed by atoms with Crippen molar-refractivity contribution in [3.8, 4) is 0 Å². The van der Waals surface area contributed by atoms with Crippen molar-refractivity contribution in [2.45, 2.75) is 111 Å². The van der Waals surface area contributed by atoms with Gasteiger partial charge in [0, 0.05) is 0 Å². The fourth-order valence-electron chi connectivity index (χ4n) is 10.9. The molecule has 7 aromatic rings. The largest absolute Gasteiger partial charge is 0.0443 e. The second-order valence-corrected chi connectivity index (χ2v) is 16.0. The number of benzene rings is 7. The van der Waals surface area contributed by atoms with Gasteiger partial charge < -0.3 is 0 Å². The third-order valence-electron chi connectivity index (χ3n) is 14.6. The standard InChI is InChI=1S/C48H48/c1-17-18(2)22(6)34-33(21(17)5)37-25(9)29(13)41-43-31(15)27(11)39-35-23(7)19(3)20(4)24(8)36(35)40-28(12)32(16)44(48(43)46(39)40)42-30(14)26(10)38(34)45(37)47(41)42/h1-16H3. The Morgan fingerprint density at radius 1 is 0.125 bits per heavy atom. The first-order valence-corrected chi connectivity index (χ1v) is 18.0. The summed E-state index contributed by atoms with van der Waals surface area (Å²) in [6.07, 6.45) is 0. The molecule has 7 aromatic carbocycles. The molecule has 0 unspecified atom stereocenters. The normalized spacial score (nSPS) is 13.0. The summed E-state index contributed by atoms with van der Waals surface area (Å²) in [6.45, 7) is 38.2. The van der Waals surface area contributed by atoms with Crippen LogP contribution in [0.5, 0.6) is 0 Å². The van der Waals surface area contributed by atoms with Crippen LogP contribution in [0.1, 0.15) is 89.0 Å². The van der Waals surface area contributed by atoms with Gasteiger partial charge >= 0.3 is 0 Å². The molecule has 0 heteroatoms. The molecule has 0 amide bonds. The number of rotatable bonds is 0. The second kappa shape index (κ2) is 8.89. The molecule has 0 atom stereocenters. The molecule has 2 aliphatic carbocycles. The highest BCUT2D eigenvalue weighted by Gasteiger charge is 2.29. The SMILES string of the molecule is Cc1c(C)c(C)c2c(c1C)=c1c(C)c(C)c3c4c(C)c(C)c5c6c(c(C)c(C)c(c7c(C)c(C)c=2c1c37)c64)=c1c(C)c(C)c(C)c(C)c1=5. The predicted octanol–water partition coefficient (Wildman–Crippen LogP) is 12.4. The van der Waals surface area contributed by atoms with Crippen molar-refractivity contribution in [3.63, 3.8) is 0 Å². The minimum absolute atomic E-state index is 1.44. The smallest absolute Gasteiger partial charge is 0.000793 e. The van der Waals surface area contributed by atoms with Crippen LogP contribution in [-0.4, -0.2) is 0 Å². The van der Waals surface area contributed by atoms with E-state index in [2.05, 4.69) is 111 Å². The van der Waals surface area contributed by atoms with Crippen LogP contribution < -0.4 is 0 Å². The summed E-state index contributed by atoms with van der Waals surface area (Å²) in [5, 5.41) is 23.9. The molecule has 0 saturated carbocycles. The number of hydrogen-bond donors (Lipinski definition) is 0. The highest BCUT2D eigenvalue weighted by Crippen LogP contribution is 2.51. The van der Waals surface area contributed by atoms with Crippen LogP contribution in [0.3, 0.4) is 0 Å². The Hall–Kier alpha value is -4.16. The number of hydrogen-bond acceptors (Lipinski definition) is 0. The summed E-state index contributed by atoms with van der Waals surface area (Å²) < 4.78 is 0. The van der Waals surface area contributed by atoms with E-state index in [4.69, 9.17) is 0 Å². The molecule has 0 aliphatic heterocycles. The molecule has 0 saturated heterocycles. The van der Waals surface area contributed by atoms with Gasteiger partial charge in [-0.3, -0.25) is 0 Å². The molecule has 0 heterocycles. The Balaban J connectivity index is 1.81. The first kappa shape index (κ1) is 29.9. The summed E-state index contributed by atoms with van der Waals surface area (Å²) in [5.74, 6) is 0. The maximum absolute atomic E-state index is 2.43. The van der Waals surface area contributed by atoms with Crippen LogP contribution in [0, 0.1) is 153 Å². The average Bonchev–Trinajstić information content (AvgIpc) is 3.61. The molecule has 0 radical (unpaired) electrons. The molecule has 0 N–H and O–H groups in total. The van der Waals surface area contributed by atoms with Gasteiger partial charge in [-0.1, -0.05) is 0 Å². The fraction of sp³-hybridized carbons (Fsp3) is 0.333. The van der Waals surface area contributed by atoms with Gasteiger partial charge in [0.15, 0.2) is 0 Å². The van der Waals surface area contributed by atoms with Crippen molar-refractivity contribution in [2.24, 2.45) is 0 Å². The lowest BCUT2D eigenvalue weighted by Gasteiger charge is -2.25. The zero-order chi connectivity index (χ0) is 34.5. The summed E-state index contributed by atoms with van der Waals surface area (Å²) in [4.78, 5) is 0. The number of fused-ring (bicyclic) bond motifs is 4. The zero-order valence-electron chi connectivity index (χ0n) is 32.0. The molecular weight excluding hydrogens is 577 g/mol. The Bertz CT molecular complexity index is 2810. The predicted molar refractivity (Wildman–Crippen MR) is 207 cm³/mol. The number of aryl methyl sites for hydroxylation is 4. The highest BCUT2D eigenvalue weighted by atomic mass is 14.3. The van der Waals surface area contributed by atoms with E-state index < -0.39 is 0 Å². The van der Waals surface area contributed by atoms with Gasteiger partial charge in [0.25, 0.3) is 0 Å². The van der Waals surface area contributed by atoms with Gasteiger partial charge in [-0.25, -0.2) is 0 Å². The molecule has 240 valence electrons. The van der Waals surface area contributed by atoms with Crippen molar-refractivity contribution in [1.82, 2.24) is 0 Å². The lowest BCUT2D eigenvalue weighted by atomic mass is 9.78. The van der Waals surface area contributed by atoms with E-state index in [1.807, 2.05) is 0 Å². The van der Waals surface area contributed by atoms with Crippen LogP contribution in [0.4, 0.5) is 0 Å². The van der Waals surface area contributed by atoms with E-state index in [0.29, 0.717) is 0 Å². The van der Waals surface area contributed by atoms with E-state index in [-0.39, 0.29) is 0 Å². The Kier molecular flexibility index (Phi) is 5.55. The summed E-state index contributed by atoms with van der Waals surface area (Å²) in [5.41, 5.74) is 23.2. The molecule has 0 nitrogen and oxygen atoms in total. The van der Waals surface area contributed by atoms with Gasteiger partial charge in [-0.15, -0.1) is 0 Å². The second-order valence-electron chi connectivity index (χ2n) is 16.0. The maximum Gasteiger partial charge on any atom is -0.000793 e. The van der Waals surface area contributed by atoms with Gasteiger partial charge in [0.1, 0.15) is 0 Å². The highest BCUT2D eigenvalue weighted by molar-refractivity contribution is 6.36. The van der Waals surface area contributed by atoms with Crippen molar-refractivity contribution in [3.05, 3.63) is 131 Å². The van der Waals surface area contributed by atoms with Crippen molar-refractivity contribution < 1.29 is 0 Å². The van der Waals surface area contributed by atoms with Gasteiger partial charge in [0.2, 0.25) is 0 Å². The summed E-state index contributed by atoms with van der Waals surface area (Å²) in [7, 11) is 0. The van der Waals surface area contributed by atoms with Gasteiger partial charge in [-0.2, -0.15) is 0 Å². The monoisotopic (exact) mass is 624 g/mol. The molecule has 0 aromatic heterocycles. The minimum atomic E-state index is 1.44. The molecule has 48 heavy (non-hydrogen) atoms. The maximum atomic E-state index is 2.43. The van der Waals surface area contributed by atoms with Crippen molar-refractivity contribution in [1.29, 1.82) is 0 Å². The van der Waals surface area contributed by atoms with Crippen LogP contribution in [0.15, 0.2) is 0 Å². The average molecular weight is 625 g/mol. The zero-order valence-corrected chi connectivity index (χ0v) is 32.0. The van der Waals surface area contributed by atoms with E-state index in [9.17, 15) is 0 Å². The molecule has 9 rings (SSSR count). The van der Waals surface area contributed by atoms with Gasteiger partial charge in [-0.05, 0) is 285 Å². The Labute approximate surface area is 283 Å². The third kappa shape index (κ3) is 2.87. The Morgan fingerprint density at radius 2 is 0.292 bits per heavy atom. The van der Waals surface area contributed by atoms with E-state index >= 15 is 0 Å². The van der Waals surface area contributed by atoms with E-state index in [0.717, 1.165) is 0 Å². The molecule has 0 bridgehead atoms. The Morgan fingerprint density at radius 3 is 0.479 bits per heavy atom. The van der Waals surface area contributed by atoms with Gasteiger partial charge in [0.05, 0.1) is 0 Å². The van der Waals surface area contributed by atoms with E-state index in [1.54, 1.807) is 0 Å². The lowest BCUT2D eigenvalue weighted by Crippen LogP contribution is -2.02. The quantitative estimate of drug-likeness (QED) is 0.116. The first-order valence-electron chi connectivity index (χ1n) is 18.0. The van der Waals surface area contributed by atoms with Crippen LogP contribution in [0.25, 0.3) is 43.1 Å². The van der Waals surface area contributed by atoms with Crippen LogP contribution in [0.2, 0.25) is 0 Å². The first-order chi connectivity index (χ1) is 22.6. The fourth-order valence-corrected chi connectivity index (χ4v) is 10.9.